The van der Waals surface area contributed by atoms with Crippen molar-refractivity contribution in [3.8, 4) is 5.69 Å². The second-order valence-corrected chi connectivity index (χ2v) is 9.51. The van der Waals surface area contributed by atoms with Gasteiger partial charge in [-0.3, -0.25) is 0 Å². The number of hydrogen-bond donors (Lipinski definition) is 0. The highest BCUT2D eigenvalue weighted by atomic mass is 15.0. The van der Waals surface area contributed by atoms with Gasteiger partial charge in [-0.1, -0.05) is 97.1 Å². The molecule has 2 aliphatic rings. The zero-order valence-electron chi connectivity index (χ0n) is 19.5. The minimum Gasteiger partial charge on any atom is -0.309 e. The number of fused-ring (bicyclic) bond motifs is 11. The summed E-state index contributed by atoms with van der Waals surface area (Å²) in [4.78, 5) is 0. The molecule has 5 aromatic rings. The van der Waals surface area contributed by atoms with Gasteiger partial charge in [0.15, 0.2) is 0 Å². The van der Waals surface area contributed by atoms with Crippen LogP contribution in [-0.4, -0.2) is 4.57 Å². The first-order valence-corrected chi connectivity index (χ1v) is 12.0. The quantitative estimate of drug-likeness (QED) is 0.262. The van der Waals surface area contributed by atoms with E-state index in [-0.39, 0.29) is 0 Å². The molecule has 0 atom stereocenters. The Kier molecular flexibility index (Phi) is 3.96. The van der Waals surface area contributed by atoms with Crippen molar-refractivity contribution in [2.45, 2.75) is 20.3 Å². The van der Waals surface area contributed by atoms with Gasteiger partial charge in [0.25, 0.3) is 0 Å². The molecule has 0 spiro atoms. The third kappa shape index (κ3) is 2.44. The number of nitrogens with zero attached hydrogens (tertiary/aromatic N) is 1. The predicted molar refractivity (Wildman–Crippen MR) is 148 cm³/mol. The average Bonchev–Trinajstić information content (AvgIpc) is 3.41. The third-order valence-electron chi connectivity index (χ3n) is 7.66. The van der Waals surface area contributed by atoms with Gasteiger partial charge in [-0.2, -0.15) is 0 Å². The maximum Gasteiger partial charge on any atom is 0.0576 e. The van der Waals surface area contributed by atoms with Gasteiger partial charge < -0.3 is 4.57 Å². The largest absolute Gasteiger partial charge is 0.309 e. The predicted octanol–water partition coefficient (Wildman–Crippen LogP) is 7.20. The molecule has 2 bridgehead atoms. The molecule has 7 rings (SSSR count). The summed E-state index contributed by atoms with van der Waals surface area (Å²) in [7, 11) is 0. The highest BCUT2D eigenvalue weighted by Gasteiger charge is 2.23. The van der Waals surface area contributed by atoms with Crippen molar-refractivity contribution >= 4 is 56.8 Å². The summed E-state index contributed by atoms with van der Waals surface area (Å²) in [5.41, 5.74) is 9.18. The summed E-state index contributed by atoms with van der Waals surface area (Å²) >= 11 is 0. The van der Waals surface area contributed by atoms with Crippen LogP contribution in [0.25, 0.3) is 62.4 Å². The highest BCUT2D eigenvalue weighted by molar-refractivity contribution is 6.10. The summed E-state index contributed by atoms with van der Waals surface area (Å²) in [5.74, 6) is 0. The summed E-state index contributed by atoms with van der Waals surface area (Å²) in [6.45, 7) is 9.17. The van der Waals surface area contributed by atoms with E-state index in [0.717, 1.165) is 11.8 Å². The van der Waals surface area contributed by atoms with Crippen molar-refractivity contribution in [1.29, 1.82) is 0 Å². The lowest BCUT2D eigenvalue weighted by molar-refractivity contribution is 1.05. The van der Waals surface area contributed by atoms with Crippen LogP contribution in [-0.2, 0) is 0 Å². The normalized spacial score (nSPS) is 14.6. The standard InChI is InChI=1S/C33H25N/c1-20-10-8-15-24(20)31-21(2)33-29(27-13-6-7-14-28(27)31)17-9-16-25-22(3)34(33)30-19-18-23-11-4-5-12-26(23)32(25)30/h4-9,11-19H,3,10H2,1-2H3. The zero-order valence-corrected chi connectivity index (χ0v) is 19.5. The van der Waals surface area contributed by atoms with Crippen LogP contribution in [0.5, 0.6) is 0 Å². The number of benzene rings is 4. The van der Waals surface area contributed by atoms with E-state index in [1.54, 1.807) is 0 Å². The Morgan fingerprint density at radius 1 is 0.824 bits per heavy atom. The van der Waals surface area contributed by atoms with E-state index in [1.807, 2.05) is 0 Å². The molecule has 1 heteroatoms. The first kappa shape index (κ1) is 19.4. The summed E-state index contributed by atoms with van der Waals surface area (Å²) in [5, 5.41) is 8.69. The molecule has 1 aliphatic heterocycles. The molecule has 0 saturated carbocycles. The van der Waals surface area contributed by atoms with E-state index >= 15 is 0 Å². The lowest BCUT2D eigenvalue weighted by atomic mass is 9.87. The van der Waals surface area contributed by atoms with Crippen molar-refractivity contribution in [1.82, 2.24) is 4.57 Å². The molecule has 1 nitrogen and oxygen atoms in total. The number of rotatable bonds is 1. The van der Waals surface area contributed by atoms with E-state index in [4.69, 9.17) is 0 Å². The van der Waals surface area contributed by atoms with Crippen molar-refractivity contribution in [2.75, 3.05) is 0 Å². The van der Waals surface area contributed by atoms with Gasteiger partial charge >= 0.3 is 0 Å². The van der Waals surface area contributed by atoms with Gasteiger partial charge in [0, 0.05) is 21.5 Å². The maximum atomic E-state index is 4.62. The molecule has 2 heterocycles. The third-order valence-corrected chi connectivity index (χ3v) is 7.66. The lowest BCUT2D eigenvalue weighted by Gasteiger charge is -2.22. The lowest BCUT2D eigenvalue weighted by Crippen LogP contribution is -2.28. The topological polar surface area (TPSA) is 4.93 Å². The Bertz CT molecular complexity index is 1900. The van der Waals surface area contributed by atoms with Gasteiger partial charge in [0.05, 0.1) is 11.2 Å². The van der Waals surface area contributed by atoms with Gasteiger partial charge in [-0.15, -0.1) is 0 Å². The number of hydrogen-bond acceptors (Lipinski definition) is 0. The Hall–Kier alpha value is -4.10. The van der Waals surface area contributed by atoms with Crippen LogP contribution >= 0.6 is 0 Å². The second-order valence-electron chi connectivity index (χ2n) is 9.51. The molecule has 1 aromatic heterocycles. The molecule has 0 N–H and O–H groups in total. The average molecular weight is 436 g/mol. The molecular formula is C33H25N. The molecule has 0 fully saturated rings. The molecule has 0 amide bonds. The minimum absolute atomic E-state index is 1.03. The first-order chi connectivity index (χ1) is 16.6. The van der Waals surface area contributed by atoms with Gasteiger partial charge in [0.2, 0.25) is 0 Å². The SMILES string of the molecule is C=c1c2c3c4ccccc4ccc3n1-c1c(C)c(C3=C(C)CC=C3)c3ccccc3c1C=CC=2. The molecule has 0 saturated heterocycles. The van der Waals surface area contributed by atoms with Crippen LogP contribution in [0.15, 0.2) is 84.5 Å². The summed E-state index contributed by atoms with van der Waals surface area (Å²) in [6, 6.07) is 22.0. The van der Waals surface area contributed by atoms with E-state index in [2.05, 4.69) is 116 Å². The van der Waals surface area contributed by atoms with Gasteiger partial charge in [-0.25, -0.2) is 0 Å². The van der Waals surface area contributed by atoms with E-state index in [1.165, 1.54) is 71.2 Å². The number of aromatic nitrogens is 1. The van der Waals surface area contributed by atoms with Crippen molar-refractivity contribution in [3.63, 3.8) is 0 Å². The molecule has 0 radical (unpaired) electrons. The fourth-order valence-electron chi connectivity index (χ4n) is 6.11. The second kappa shape index (κ2) is 6.95. The van der Waals surface area contributed by atoms with Gasteiger partial charge in [0.1, 0.15) is 0 Å². The maximum absolute atomic E-state index is 4.62. The zero-order chi connectivity index (χ0) is 23.0. The fourth-order valence-corrected chi connectivity index (χ4v) is 6.11. The van der Waals surface area contributed by atoms with Crippen LogP contribution in [0.4, 0.5) is 0 Å². The van der Waals surface area contributed by atoms with Crippen molar-refractivity contribution in [2.24, 2.45) is 0 Å². The smallest absolute Gasteiger partial charge is 0.0576 e. The van der Waals surface area contributed by atoms with Crippen LogP contribution in [0.1, 0.15) is 30.0 Å². The molecular weight excluding hydrogens is 410 g/mol. The van der Waals surface area contributed by atoms with Crippen molar-refractivity contribution in [3.05, 3.63) is 112 Å². The van der Waals surface area contributed by atoms with Crippen LogP contribution in [0.3, 0.4) is 0 Å². The molecule has 0 unspecified atom stereocenters. The summed E-state index contributed by atoms with van der Waals surface area (Å²) in [6.07, 6.45) is 12.3. The summed E-state index contributed by atoms with van der Waals surface area (Å²) < 4.78 is 2.41. The Labute approximate surface area is 199 Å². The van der Waals surface area contributed by atoms with E-state index in [9.17, 15) is 0 Å². The minimum atomic E-state index is 1.03. The molecule has 4 aromatic carbocycles. The molecule has 34 heavy (non-hydrogen) atoms. The molecule has 1 aliphatic carbocycles. The fraction of sp³-hybridized carbons (Fsp3) is 0.0909. The monoisotopic (exact) mass is 435 g/mol. The Morgan fingerprint density at radius 3 is 2.38 bits per heavy atom. The Balaban J connectivity index is 1.74. The van der Waals surface area contributed by atoms with Crippen LogP contribution in [0.2, 0.25) is 0 Å². The van der Waals surface area contributed by atoms with Crippen molar-refractivity contribution < 1.29 is 0 Å². The highest BCUT2D eigenvalue weighted by Crippen LogP contribution is 2.41. The number of allylic oxidation sites excluding steroid dienone is 5. The van der Waals surface area contributed by atoms with Gasteiger partial charge in [-0.05, 0) is 64.6 Å². The van der Waals surface area contributed by atoms with Crippen LogP contribution in [0, 0.1) is 6.92 Å². The van der Waals surface area contributed by atoms with E-state index in [0.29, 0.717) is 0 Å². The first-order valence-electron chi connectivity index (χ1n) is 12.0. The molecule has 162 valence electrons. The van der Waals surface area contributed by atoms with Crippen LogP contribution < -0.4 is 10.6 Å². The van der Waals surface area contributed by atoms with E-state index < -0.39 is 0 Å². The Morgan fingerprint density at radius 2 is 1.59 bits per heavy atom.